The highest BCUT2D eigenvalue weighted by molar-refractivity contribution is 6.31. The van der Waals surface area contributed by atoms with Crippen molar-refractivity contribution in [1.29, 1.82) is 0 Å². The van der Waals surface area contributed by atoms with E-state index in [4.69, 9.17) is 16.3 Å². The van der Waals surface area contributed by atoms with E-state index in [9.17, 15) is 19.1 Å². The third-order valence-corrected chi connectivity index (χ3v) is 6.64. The van der Waals surface area contributed by atoms with Gasteiger partial charge in [-0.1, -0.05) is 36.4 Å². The molecular weight excluding hydrogens is 421 g/mol. The van der Waals surface area contributed by atoms with Crippen LogP contribution in [0.3, 0.4) is 0 Å². The van der Waals surface area contributed by atoms with Crippen LogP contribution < -0.4 is 9.64 Å². The van der Waals surface area contributed by atoms with Crippen molar-refractivity contribution in [1.82, 2.24) is 0 Å². The number of allylic oxidation sites excluding steroid dienone is 3. The van der Waals surface area contributed by atoms with Crippen LogP contribution in [0, 0.1) is 17.2 Å². The molecule has 0 spiro atoms. The van der Waals surface area contributed by atoms with Crippen LogP contribution in [0.5, 0.6) is 11.5 Å². The molecule has 0 radical (unpaired) electrons. The number of methoxy groups -OCH3 is 1. The number of carbonyl (C=O) groups is 2. The molecule has 2 amide bonds. The van der Waals surface area contributed by atoms with Gasteiger partial charge in [0.2, 0.25) is 11.8 Å². The number of phenolic OH excluding ortho intramolecular Hbond substituents is 1. The van der Waals surface area contributed by atoms with Crippen molar-refractivity contribution in [3.8, 4) is 11.5 Å². The standard InChI is InChI=1S/C24H21ClFNO4/c1-4-13-5-9-17-22(29)27(14-6-10-19(26)18(25)11-14)23(30)24(17,2)21(13)16-8-7-15(28)12-20(16)31-3/h4-8,10-12,17,21,28H,1,9H2,2-3H3. The van der Waals surface area contributed by atoms with Crippen LogP contribution in [-0.2, 0) is 9.59 Å². The Morgan fingerprint density at radius 1 is 1.29 bits per heavy atom. The third kappa shape index (κ3) is 3.05. The number of carbonyl (C=O) groups excluding carboxylic acids is 2. The van der Waals surface area contributed by atoms with Crippen molar-refractivity contribution in [3.63, 3.8) is 0 Å². The lowest BCUT2D eigenvalue weighted by atomic mass is 9.60. The van der Waals surface area contributed by atoms with Crippen molar-refractivity contribution >= 4 is 29.1 Å². The number of hydrogen-bond acceptors (Lipinski definition) is 4. The van der Waals surface area contributed by atoms with Gasteiger partial charge in [-0.3, -0.25) is 9.59 Å². The largest absolute Gasteiger partial charge is 0.508 e. The maximum Gasteiger partial charge on any atom is 0.241 e. The molecule has 3 atom stereocenters. The quantitative estimate of drug-likeness (QED) is 0.679. The zero-order valence-corrected chi connectivity index (χ0v) is 17.8. The predicted octanol–water partition coefficient (Wildman–Crippen LogP) is 4.99. The molecule has 1 aliphatic carbocycles. The predicted molar refractivity (Wildman–Crippen MR) is 116 cm³/mol. The third-order valence-electron chi connectivity index (χ3n) is 6.35. The Morgan fingerprint density at radius 3 is 2.68 bits per heavy atom. The van der Waals surface area contributed by atoms with Gasteiger partial charge in [-0.2, -0.15) is 0 Å². The minimum Gasteiger partial charge on any atom is -0.508 e. The summed E-state index contributed by atoms with van der Waals surface area (Å²) in [6, 6.07) is 8.47. The minimum absolute atomic E-state index is 0.0265. The maximum atomic E-state index is 13.8. The van der Waals surface area contributed by atoms with Gasteiger partial charge >= 0.3 is 0 Å². The summed E-state index contributed by atoms with van der Waals surface area (Å²) in [6.45, 7) is 5.65. The number of imide groups is 1. The van der Waals surface area contributed by atoms with Crippen LogP contribution >= 0.6 is 11.6 Å². The highest BCUT2D eigenvalue weighted by Gasteiger charge is 2.62. The van der Waals surface area contributed by atoms with Crippen LogP contribution in [0.15, 0.2) is 60.7 Å². The van der Waals surface area contributed by atoms with E-state index in [2.05, 4.69) is 6.58 Å². The summed E-state index contributed by atoms with van der Waals surface area (Å²) in [5, 5.41) is 9.72. The molecule has 1 heterocycles. The highest BCUT2D eigenvalue weighted by atomic mass is 35.5. The molecule has 3 unspecified atom stereocenters. The first-order chi connectivity index (χ1) is 14.7. The number of nitrogens with zero attached hydrogens (tertiary/aromatic N) is 1. The molecule has 2 aromatic rings. The van der Waals surface area contributed by atoms with Gasteiger partial charge in [0.05, 0.1) is 29.2 Å². The summed E-state index contributed by atoms with van der Waals surface area (Å²) in [4.78, 5) is 28.3. The molecule has 2 aliphatic rings. The Morgan fingerprint density at radius 2 is 2.03 bits per heavy atom. The fraction of sp³-hybridized carbons (Fsp3) is 0.250. The zero-order chi connectivity index (χ0) is 22.5. The van der Waals surface area contributed by atoms with Crippen LogP contribution in [0.4, 0.5) is 10.1 Å². The molecule has 4 rings (SSSR count). The summed E-state index contributed by atoms with van der Waals surface area (Å²) in [7, 11) is 1.48. The average molecular weight is 442 g/mol. The van der Waals surface area contributed by atoms with E-state index in [1.165, 1.54) is 31.4 Å². The molecule has 0 aromatic heterocycles. The van der Waals surface area contributed by atoms with Crippen molar-refractivity contribution in [2.75, 3.05) is 12.0 Å². The molecule has 7 heteroatoms. The lowest BCUT2D eigenvalue weighted by Gasteiger charge is -2.40. The van der Waals surface area contributed by atoms with Gasteiger partial charge in [0.25, 0.3) is 0 Å². The fourth-order valence-corrected chi connectivity index (χ4v) is 4.98. The van der Waals surface area contributed by atoms with Gasteiger partial charge in [-0.15, -0.1) is 0 Å². The summed E-state index contributed by atoms with van der Waals surface area (Å²) in [6.07, 6.45) is 3.95. The van der Waals surface area contributed by atoms with E-state index in [-0.39, 0.29) is 22.4 Å². The molecule has 1 fully saturated rings. The van der Waals surface area contributed by atoms with Gasteiger partial charge < -0.3 is 9.84 Å². The summed E-state index contributed by atoms with van der Waals surface area (Å²) in [5.74, 6) is -2.12. The summed E-state index contributed by atoms with van der Waals surface area (Å²) in [5.41, 5.74) is 0.552. The van der Waals surface area contributed by atoms with Gasteiger partial charge in [-0.25, -0.2) is 9.29 Å². The second-order valence-corrected chi connectivity index (χ2v) is 8.32. The fourth-order valence-electron chi connectivity index (χ4n) is 4.80. The molecule has 1 saturated heterocycles. The topological polar surface area (TPSA) is 66.8 Å². The van der Waals surface area contributed by atoms with Gasteiger partial charge in [0, 0.05) is 17.5 Å². The smallest absolute Gasteiger partial charge is 0.241 e. The molecule has 2 aromatic carbocycles. The van der Waals surface area contributed by atoms with Gasteiger partial charge in [0.1, 0.15) is 17.3 Å². The Balaban J connectivity index is 1.89. The molecular formula is C24H21ClFNO4. The molecule has 160 valence electrons. The Kier molecular flexibility index (Phi) is 5.13. The molecule has 5 nitrogen and oxygen atoms in total. The van der Waals surface area contributed by atoms with Crippen molar-refractivity contribution in [2.24, 2.45) is 11.3 Å². The lowest BCUT2D eigenvalue weighted by molar-refractivity contribution is -0.127. The number of aromatic hydroxyl groups is 1. The van der Waals surface area contributed by atoms with Crippen molar-refractivity contribution in [2.45, 2.75) is 19.3 Å². The van der Waals surface area contributed by atoms with E-state index in [1.807, 2.05) is 6.08 Å². The molecule has 1 aliphatic heterocycles. The van der Waals surface area contributed by atoms with E-state index in [0.29, 0.717) is 17.7 Å². The monoisotopic (exact) mass is 441 g/mol. The van der Waals surface area contributed by atoms with Crippen LogP contribution in [0.2, 0.25) is 5.02 Å². The molecule has 31 heavy (non-hydrogen) atoms. The first-order valence-electron chi connectivity index (χ1n) is 9.76. The number of benzene rings is 2. The second kappa shape index (κ2) is 7.54. The number of phenols is 1. The molecule has 1 N–H and O–H groups in total. The SMILES string of the molecule is C=CC1=CCC2C(=O)N(c3ccc(F)c(Cl)c3)C(=O)C2(C)C1c1ccc(O)cc1OC. The Hall–Kier alpha value is -3.12. The number of anilines is 1. The summed E-state index contributed by atoms with van der Waals surface area (Å²) >= 11 is 5.91. The number of amides is 2. The first-order valence-corrected chi connectivity index (χ1v) is 10.1. The van der Waals surface area contributed by atoms with Crippen molar-refractivity contribution in [3.05, 3.63) is 77.1 Å². The van der Waals surface area contributed by atoms with Crippen LogP contribution in [0.25, 0.3) is 0 Å². The Bertz CT molecular complexity index is 1140. The van der Waals surface area contributed by atoms with E-state index in [1.54, 1.807) is 19.1 Å². The highest BCUT2D eigenvalue weighted by Crippen LogP contribution is 2.58. The number of rotatable bonds is 4. The Labute approximate surface area is 184 Å². The normalized spacial score (nSPS) is 25.3. The van der Waals surface area contributed by atoms with E-state index >= 15 is 0 Å². The van der Waals surface area contributed by atoms with Crippen LogP contribution in [0.1, 0.15) is 24.8 Å². The lowest BCUT2D eigenvalue weighted by Crippen LogP contribution is -2.41. The summed E-state index contributed by atoms with van der Waals surface area (Å²) < 4.78 is 19.2. The van der Waals surface area contributed by atoms with Gasteiger partial charge in [-0.05, 0) is 43.2 Å². The van der Waals surface area contributed by atoms with E-state index < -0.39 is 29.0 Å². The van der Waals surface area contributed by atoms with Crippen LogP contribution in [-0.4, -0.2) is 24.0 Å². The number of fused-ring (bicyclic) bond motifs is 1. The maximum absolute atomic E-state index is 13.8. The molecule has 0 saturated carbocycles. The molecule has 0 bridgehead atoms. The number of halogens is 2. The second-order valence-electron chi connectivity index (χ2n) is 7.92. The number of hydrogen-bond donors (Lipinski definition) is 1. The van der Waals surface area contributed by atoms with E-state index in [0.717, 1.165) is 16.5 Å². The first kappa shape index (κ1) is 21.1. The van der Waals surface area contributed by atoms with Gasteiger partial charge in [0.15, 0.2) is 0 Å². The minimum atomic E-state index is -1.14. The van der Waals surface area contributed by atoms with Crippen molar-refractivity contribution < 1.29 is 23.8 Å². The zero-order valence-electron chi connectivity index (χ0n) is 17.1. The average Bonchev–Trinajstić information content (AvgIpc) is 2.95. The number of ether oxygens (including phenoxy) is 1.